The van der Waals surface area contributed by atoms with Gasteiger partial charge in [-0.2, -0.15) is 0 Å². The van der Waals surface area contributed by atoms with Crippen molar-refractivity contribution in [2.75, 3.05) is 14.1 Å². The van der Waals surface area contributed by atoms with Gasteiger partial charge in [0.15, 0.2) is 0 Å². The summed E-state index contributed by atoms with van der Waals surface area (Å²) in [6.07, 6.45) is 7.01. The highest BCUT2D eigenvalue weighted by atomic mass is 16.6. The largest absolute Gasteiger partial charge is 0.458 e. The summed E-state index contributed by atoms with van der Waals surface area (Å²) in [5, 5.41) is 2.77. The maximum absolute atomic E-state index is 12.3. The molecule has 1 aliphatic carbocycles. The van der Waals surface area contributed by atoms with Gasteiger partial charge in [0.05, 0.1) is 0 Å². The van der Waals surface area contributed by atoms with Gasteiger partial charge >= 0.3 is 12.0 Å². The molecule has 0 aromatic carbocycles. The van der Waals surface area contributed by atoms with Gasteiger partial charge < -0.3 is 15.0 Å². The number of carbonyl (C=O) groups excluding carboxylic acids is 2. The normalized spacial score (nSPS) is 20.1. The zero-order valence-electron chi connectivity index (χ0n) is 13.1. The lowest BCUT2D eigenvalue weighted by atomic mass is 9.89. The average molecular weight is 282 g/mol. The first kappa shape index (κ1) is 16.5. The van der Waals surface area contributed by atoms with Gasteiger partial charge in [0, 0.05) is 20.0 Å². The van der Waals surface area contributed by atoms with Gasteiger partial charge in [0.2, 0.25) is 0 Å². The van der Waals surface area contributed by atoms with E-state index in [2.05, 4.69) is 11.4 Å². The van der Waals surface area contributed by atoms with Gasteiger partial charge in [-0.1, -0.05) is 12.2 Å². The third-order valence-electron chi connectivity index (χ3n) is 3.07. The van der Waals surface area contributed by atoms with Crippen LogP contribution in [0.1, 0.15) is 40.0 Å². The van der Waals surface area contributed by atoms with E-state index in [1.54, 1.807) is 14.1 Å². The van der Waals surface area contributed by atoms with Crippen molar-refractivity contribution in [1.29, 1.82) is 0 Å². The number of hydrogen-bond donors (Lipinski definition) is 1. The van der Waals surface area contributed by atoms with E-state index in [9.17, 15) is 9.59 Å². The van der Waals surface area contributed by atoms with Crippen molar-refractivity contribution in [3.63, 3.8) is 0 Å². The number of nitrogens with one attached hydrogen (secondary N) is 1. The standard InChI is InChI=1S/C15H26N2O3/c1-15(2,3)20-13(18)12(16-14(19)17(4)5)11-9-7-6-8-10-11/h7,9,11-12H,6,8,10H2,1-5H3,(H,16,19)/t11?,12-/m1/s1. The van der Waals surface area contributed by atoms with Crippen molar-refractivity contribution in [2.45, 2.75) is 51.7 Å². The molecule has 0 bridgehead atoms. The molecule has 114 valence electrons. The topological polar surface area (TPSA) is 58.6 Å². The fourth-order valence-corrected chi connectivity index (χ4v) is 2.08. The molecule has 0 aromatic rings. The highest BCUT2D eigenvalue weighted by Gasteiger charge is 2.33. The van der Waals surface area contributed by atoms with E-state index < -0.39 is 11.6 Å². The molecule has 1 N–H and O–H groups in total. The number of nitrogens with zero attached hydrogens (tertiary/aromatic N) is 1. The first-order valence-electron chi connectivity index (χ1n) is 7.08. The molecule has 1 aliphatic rings. The number of carbonyl (C=O) groups is 2. The Morgan fingerprint density at radius 3 is 2.45 bits per heavy atom. The van der Waals surface area contributed by atoms with Crippen LogP contribution in [0, 0.1) is 5.92 Å². The number of esters is 1. The molecule has 20 heavy (non-hydrogen) atoms. The van der Waals surface area contributed by atoms with E-state index in [0.29, 0.717) is 0 Å². The summed E-state index contributed by atoms with van der Waals surface area (Å²) in [4.78, 5) is 25.6. The van der Waals surface area contributed by atoms with Crippen molar-refractivity contribution < 1.29 is 14.3 Å². The van der Waals surface area contributed by atoms with Crippen molar-refractivity contribution in [3.05, 3.63) is 12.2 Å². The molecule has 0 saturated heterocycles. The first-order valence-corrected chi connectivity index (χ1v) is 7.08. The van der Waals surface area contributed by atoms with Crippen molar-refractivity contribution >= 4 is 12.0 Å². The minimum atomic E-state index is -0.624. The smallest absolute Gasteiger partial charge is 0.329 e. The Balaban J connectivity index is 2.83. The first-order chi connectivity index (χ1) is 9.20. The molecule has 1 rings (SSSR count). The SMILES string of the molecule is CN(C)C(=O)N[C@@H](C(=O)OC(C)(C)C)C1C=CCCC1. The molecule has 0 heterocycles. The second-order valence-electron chi connectivity index (χ2n) is 6.38. The van der Waals surface area contributed by atoms with Gasteiger partial charge in [0.1, 0.15) is 11.6 Å². The Kier molecular flexibility index (Phi) is 5.60. The number of amides is 2. The zero-order chi connectivity index (χ0) is 15.3. The van der Waals surface area contributed by atoms with Crippen LogP contribution in [0.15, 0.2) is 12.2 Å². The zero-order valence-corrected chi connectivity index (χ0v) is 13.1. The Morgan fingerprint density at radius 1 is 1.35 bits per heavy atom. The van der Waals surface area contributed by atoms with E-state index in [1.165, 1.54) is 4.90 Å². The quantitative estimate of drug-likeness (QED) is 0.638. The maximum atomic E-state index is 12.3. The molecule has 0 fully saturated rings. The molecule has 0 radical (unpaired) electrons. The summed E-state index contributed by atoms with van der Waals surface area (Å²) in [5.74, 6) is -0.369. The Morgan fingerprint density at radius 2 is 2.00 bits per heavy atom. The minimum Gasteiger partial charge on any atom is -0.458 e. The number of allylic oxidation sites excluding steroid dienone is 1. The summed E-state index contributed by atoms with van der Waals surface area (Å²) < 4.78 is 5.43. The molecule has 0 spiro atoms. The van der Waals surface area contributed by atoms with Crippen LogP contribution < -0.4 is 5.32 Å². The van der Waals surface area contributed by atoms with Crippen LogP contribution in [-0.4, -0.2) is 42.6 Å². The highest BCUT2D eigenvalue weighted by Crippen LogP contribution is 2.23. The average Bonchev–Trinajstić information content (AvgIpc) is 2.34. The summed E-state index contributed by atoms with van der Waals surface area (Å²) in [7, 11) is 3.30. The van der Waals surface area contributed by atoms with Crippen LogP contribution in [0.2, 0.25) is 0 Å². The highest BCUT2D eigenvalue weighted by molar-refractivity contribution is 5.84. The van der Waals surface area contributed by atoms with Crippen LogP contribution in [0.4, 0.5) is 4.79 Å². The van der Waals surface area contributed by atoms with E-state index in [0.717, 1.165) is 19.3 Å². The van der Waals surface area contributed by atoms with Crippen LogP contribution in [0.5, 0.6) is 0 Å². The van der Waals surface area contributed by atoms with Gasteiger partial charge in [-0.15, -0.1) is 0 Å². The minimum absolute atomic E-state index is 0.00231. The number of rotatable bonds is 3. The van der Waals surface area contributed by atoms with Gasteiger partial charge in [-0.3, -0.25) is 0 Å². The monoisotopic (exact) mass is 282 g/mol. The van der Waals surface area contributed by atoms with Gasteiger partial charge in [-0.05, 0) is 40.0 Å². The predicted octanol–water partition coefficient (Wildman–Crippen LogP) is 2.32. The fraction of sp³-hybridized carbons (Fsp3) is 0.733. The molecule has 5 nitrogen and oxygen atoms in total. The summed E-state index contributed by atoms with van der Waals surface area (Å²) in [6.45, 7) is 5.48. The summed E-state index contributed by atoms with van der Waals surface area (Å²) >= 11 is 0. The molecule has 2 amide bonds. The second-order valence-corrected chi connectivity index (χ2v) is 6.38. The molecule has 0 saturated carbocycles. The second kappa shape index (κ2) is 6.77. The molecule has 0 aliphatic heterocycles. The van der Waals surface area contributed by atoms with E-state index in [-0.39, 0.29) is 17.9 Å². The van der Waals surface area contributed by atoms with Gasteiger partial charge in [0.25, 0.3) is 0 Å². The number of hydrogen-bond acceptors (Lipinski definition) is 3. The number of ether oxygens (including phenoxy) is 1. The Bertz CT molecular complexity index is 383. The third-order valence-corrected chi connectivity index (χ3v) is 3.07. The van der Waals surface area contributed by atoms with Crippen LogP contribution in [0.25, 0.3) is 0 Å². The summed E-state index contributed by atoms with van der Waals surface area (Å²) in [5.41, 5.74) is -0.559. The van der Waals surface area contributed by atoms with E-state index in [4.69, 9.17) is 4.74 Å². The van der Waals surface area contributed by atoms with E-state index >= 15 is 0 Å². The molecule has 0 aromatic heterocycles. The predicted molar refractivity (Wildman–Crippen MR) is 78.3 cm³/mol. The van der Waals surface area contributed by atoms with Crippen LogP contribution in [-0.2, 0) is 9.53 Å². The van der Waals surface area contributed by atoms with Crippen LogP contribution >= 0.6 is 0 Å². The van der Waals surface area contributed by atoms with E-state index in [1.807, 2.05) is 26.8 Å². The molecular weight excluding hydrogens is 256 g/mol. The Hall–Kier alpha value is -1.52. The van der Waals surface area contributed by atoms with Crippen LogP contribution in [0.3, 0.4) is 0 Å². The third kappa shape index (κ3) is 5.23. The van der Waals surface area contributed by atoms with Crippen molar-refractivity contribution in [2.24, 2.45) is 5.92 Å². The molecule has 5 heteroatoms. The molecule has 1 unspecified atom stereocenters. The van der Waals surface area contributed by atoms with Gasteiger partial charge in [-0.25, -0.2) is 9.59 Å². The van der Waals surface area contributed by atoms with Crippen molar-refractivity contribution in [1.82, 2.24) is 10.2 Å². The van der Waals surface area contributed by atoms with Crippen molar-refractivity contribution in [3.8, 4) is 0 Å². The summed E-state index contributed by atoms with van der Waals surface area (Å²) in [6, 6.07) is -0.902. The molecule has 2 atom stereocenters. The maximum Gasteiger partial charge on any atom is 0.329 e. The fourth-order valence-electron chi connectivity index (χ4n) is 2.08. The lowest BCUT2D eigenvalue weighted by Crippen LogP contribution is -2.51. The lowest BCUT2D eigenvalue weighted by Gasteiger charge is -2.30. The lowest BCUT2D eigenvalue weighted by molar-refractivity contribution is -0.158. The molecular formula is C15H26N2O3. The number of urea groups is 1. The Labute approximate surface area is 121 Å².